The number of aryl methyl sites for hydroxylation is 1. The second-order valence-electron chi connectivity index (χ2n) is 5.26. The minimum atomic E-state index is -0.908. The van der Waals surface area contributed by atoms with Gasteiger partial charge in [-0.2, -0.15) is 0 Å². The maximum Gasteiger partial charge on any atom is 0.252 e. The fourth-order valence-corrected chi connectivity index (χ4v) is 2.56. The number of amides is 1. The zero-order chi connectivity index (χ0) is 18.4. The molecule has 0 aliphatic carbocycles. The molecule has 0 heterocycles. The molecule has 8 heteroatoms. The Bertz CT molecular complexity index is 736. The van der Waals surface area contributed by atoms with Gasteiger partial charge in [-0.3, -0.25) is 4.79 Å². The van der Waals surface area contributed by atoms with Gasteiger partial charge in [-0.05, 0) is 55.5 Å². The minimum Gasteiger partial charge on any atom is -0.340 e. The summed E-state index contributed by atoms with van der Waals surface area (Å²) in [7, 11) is 0. The number of benzene rings is 2. The van der Waals surface area contributed by atoms with Crippen molar-refractivity contribution >= 4 is 63.7 Å². The molecule has 0 aromatic heterocycles. The van der Waals surface area contributed by atoms with Crippen molar-refractivity contribution in [3.05, 3.63) is 64.7 Å². The van der Waals surface area contributed by atoms with E-state index in [1.54, 1.807) is 24.3 Å². The molecule has 0 radical (unpaired) electrons. The van der Waals surface area contributed by atoms with Gasteiger partial charge in [0.15, 0.2) is 5.11 Å². The lowest BCUT2D eigenvalue weighted by Crippen LogP contribution is -2.52. The maximum absolute atomic E-state index is 12.3. The normalized spacial score (nSPS) is 11.7. The van der Waals surface area contributed by atoms with Gasteiger partial charge in [-0.1, -0.05) is 29.3 Å². The molecule has 2 rings (SSSR count). The van der Waals surface area contributed by atoms with Crippen molar-refractivity contribution in [2.45, 2.75) is 17.9 Å². The van der Waals surface area contributed by atoms with E-state index in [0.717, 1.165) is 11.3 Å². The Hall–Kier alpha value is -1.53. The predicted molar refractivity (Wildman–Crippen MR) is 109 cm³/mol. The molecule has 0 saturated carbocycles. The summed E-state index contributed by atoms with van der Waals surface area (Å²) in [6.07, 6.45) is -0.767. The SMILES string of the molecule is Cc1ccc(NC(=S)N[C@@H](NC(=O)c2ccc(Cl)cc2)C(Cl)Cl)cc1. The highest BCUT2D eigenvalue weighted by Crippen LogP contribution is 2.12. The second-order valence-corrected chi connectivity index (χ2v) is 7.27. The zero-order valence-corrected chi connectivity index (χ0v) is 16.3. The fraction of sp³-hybridized carbons (Fsp3) is 0.176. The number of hydrogen-bond donors (Lipinski definition) is 3. The van der Waals surface area contributed by atoms with Gasteiger partial charge < -0.3 is 16.0 Å². The van der Waals surface area contributed by atoms with Crippen LogP contribution in [0.5, 0.6) is 0 Å². The number of hydrogen-bond acceptors (Lipinski definition) is 2. The van der Waals surface area contributed by atoms with E-state index in [0.29, 0.717) is 10.6 Å². The summed E-state index contributed by atoms with van der Waals surface area (Å²) in [5.74, 6) is -0.349. The molecule has 132 valence electrons. The summed E-state index contributed by atoms with van der Waals surface area (Å²) < 4.78 is 0. The van der Waals surface area contributed by atoms with Gasteiger partial charge in [0.1, 0.15) is 11.0 Å². The quantitative estimate of drug-likeness (QED) is 0.382. The molecule has 1 atom stereocenters. The van der Waals surface area contributed by atoms with Crippen LogP contribution in [-0.4, -0.2) is 22.0 Å². The first-order valence-electron chi connectivity index (χ1n) is 7.34. The summed E-state index contributed by atoms with van der Waals surface area (Å²) in [6, 6.07) is 14.2. The summed E-state index contributed by atoms with van der Waals surface area (Å²) in [5, 5.41) is 9.43. The Labute approximate surface area is 166 Å². The fourth-order valence-electron chi connectivity index (χ4n) is 1.93. The third-order valence-electron chi connectivity index (χ3n) is 3.24. The Kier molecular flexibility index (Phi) is 7.32. The van der Waals surface area contributed by atoms with Crippen LogP contribution in [0.1, 0.15) is 15.9 Å². The monoisotopic (exact) mass is 415 g/mol. The lowest BCUT2D eigenvalue weighted by Gasteiger charge is -2.23. The van der Waals surface area contributed by atoms with Crippen LogP contribution >= 0.6 is 47.0 Å². The zero-order valence-electron chi connectivity index (χ0n) is 13.2. The van der Waals surface area contributed by atoms with Crippen LogP contribution in [0.3, 0.4) is 0 Å². The molecule has 0 aliphatic rings. The van der Waals surface area contributed by atoms with E-state index < -0.39 is 11.0 Å². The third kappa shape index (κ3) is 6.36. The minimum absolute atomic E-state index is 0.288. The summed E-state index contributed by atoms with van der Waals surface area (Å²) in [4.78, 5) is 11.4. The number of alkyl halides is 2. The lowest BCUT2D eigenvalue weighted by molar-refractivity contribution is 0.0936. The van der Waals surface area contributed by atoms with Crippen LogP contribution in [0, 0.1) is 6.92 Å². The number of anilines is 1. The molecule has 2 aromatic carbocycles. The highest BCUT2D eigenvalue weighted by molar-refractivity contribution is 7.80. The van der Waals surface area contributed by atoms with Crippen LogP contribution < -0.4 is 16.0 Å². The van der Waals surface area contributed by atoms with E-state index in [2.05, 4.69) is 16.0 Å². The van der Waals surface area contributed by atoms with Crippen LogP contribution in [0.25, 0.3) is 0 Å². The molecule has 0 bridgehead atoms. The highest BCUT2D eigenvalue weighted by Gasteiger charge is 2.21. The summed E-state index contributed by atoms with van der Waals surface area (Å²) in [5.41, 5.74) is 2.38. The Morgan fingerprint density at radius 1 is 1.00 bits per heavy atom. The van der Waals surface area contributed by atoms with E-state index >= 15 is 0 Å². The van der Waals surface area contributed by atoms with Gasteiger partial charge in [-0.25, -0.2) is 0 Å². The molecule has 0 aliphatic heterocycles. The first-order valence-corrected chi connectivity index (χ1v) is 9.00. The largest absolute Gasteiger partial charge is 0.340 e. The van der Waals surface area contributed by atoms with Crippen molar-refractivity contribution in [3.8, 4) is 0 Å². The van der Waals surface area contributed by atoms with Gasteiger partial charge in [0.25, 0.3) is 5.91 Å². The van der Waals surface area contributed by atoms with Gasteiger partial charge in [0.2, 0.25) is 0 Å². The van der Waals surface area contributed by atoms with Crippen molar-refractivity contribution in [2.24, 2.45) is 0 Å². The molecule has 0 saturated heterocycles. The third-order valence-corrected chi connectivity index (χ3v) is 4.22. The highest BCUT2D eigenvalue weighted by atomic mass is 35.5. The number of rotatable bonds is 5. The van der Waals surface area contributed by atoms with Gasteiger partial charge >= 0.3 is 0 Å². The first-order chi connectivity index (χ1) is 11.8. The average Bonchev–Trinajstić information content (AvgIpc) is 2.56. The molecule has 2 aromatic rings. The number of halogens is 3. The number of carbonyl (C=O) groups excluding carboxylic acids is 1. The van der Waals surface area contributed by atoms with E-state index in [1.165, 1.54) is 0 Å². The van der Waals surface area contributed by atoms with Crippen molar-refractivity contribution in [3.63, 3.8) is 0 Å². The van der Waals surface area contributed by atoms with Gasteiger partial charge in [0, 0.05) is 16.3 Å². The van der Waals surface area contributed by atoms with Gasteiger partial charge in [-0.15, -0.1) is 23.2 Å². The topological polar surface area (TPSA) is 53.2 Å². The lowest BCUT2D eigenvalue weighted by atomic mass is 10.2. The summed E-state index contributed by atoms with van der Waals surface area (Å²) >= 11 is 23.0. The number of nitrogens with one attached hydrogen (secondary N) is 3. The molecule has 25 heavy (non-hydrogen) atoms. The van der Waals surface area contributed by atoms with Crippen molar-refractivity contribution in [1.29, 1.82) is 0 Å². The Morgan fingerprint density at radius 2 is 1.60 bits per heavy atom. The molecule has 0 fully saturated rings. The van der Waals surface area contributed by atoms with Crippen LogP contribution in [0.4, 0.5) is 5.69 Å². The van der Waals surface area contributed by atoms with E-state index in [-0.39, 0.29) is 11.0 Å². The van der Waals surface area contributed by atoms with E-state index in [1.807, 2.05) is 31.2 Å². The van der Waals surface area contributed by atoms with Crippen molar-refractivity contribution in [1.82, 2.24) is 10.6 Å². The number of thiocarbonyl (C=S) groups is 1. The smallest absolute Gasteiger partial charge is 0.252 e. The predicted octanol–water partition coefficient (Wildman–Crippen LogP) is 4.49. The number of carbonyl (C=O) groups is 1. The molecular weight excluding hydrogens is 401 g/mol. The Balaban J connectivity index is 1.97. The second kappa shape index (κ2) is 9.25. The average molecular weight is 417 g/mol. The molecular formula is C17H16Cl3N3OS. The van der Waals surface area contributed by atoms with E-state index in [4.69, 9.17) is 47.0 Å². The van der Waals surface area contributed by atoms with Crippen molar-refractivity contribution < 1.29 is 4.79 Å². The molecule has 3 N–H and O–H groups in total. The van der Waals surface area contributed by atoms with Crippen LogP contribution in [-0.2, 0) is 0 Å². The van der Waals surface area contributed by atoms with Crippen LogP contribution in [0.15, 0.2) is 48.5 Å². The summed E-state index contributed by atoms with van der Waals surface area (Å²) in [6.45, 7) is 1.99. The standard InChI is InChI=1S/C17H16Cl3N3OS/c1-10-2-8-13(9-3-10)21-17(25)23-15(14(19)20)22-16(24)11-4-6-12(18)7-5-11/h2-9,14-15H,1H3,(H,22,24)(H2,21,23,25)/t15-/m1/s1. The van der Waals surface area contributed by atoms with Crippen LogP contribution in [0.2, 0.25) is 5.02 Å². The van der Waals surface area contributed by atoms with Crippen molar-refractivity contribution in [2.75, 3.05) is 5.32 Å². The molecule has 4 nitrogen and oxygen atoms in total. The first kappa shape index (κ1) is 19.8. The maximum atomic E-state index is 12.3. The molecule has 1 amide bonds. The Morgan fingerprint density at radius 3 is 2.16 bits per heavy atom. The van der Waals surface area contributed by atoms with E-state index in [9.17, 15) is 4.79 Å². The van der Waals surface area contributed by atoms with Gasteiger partial charge in [0.05, 0.1) is 0 Å². The molecule has 0 spiro atoms. The molecule has 0 unspecified atom stereocenters.